The van der Waals surface area contributed by atoms with Crippen molar-refractivity contribution < 1.29 is 4.74 Å². The molecule has 0 aliphatic rings. The smallest absolute Gasteiger partial charge is 0.167 e. The van der Waals surface area contributed by atoms with Crippen molar-refractivity contribution in [2.45, 2.75) is 0 Å². The van der Waals surface area contributed by atoms with Crippen molar-refractivity contribution in [1.29, 1.82) is 0 Å². The van der Waals surface area contributed by atoms with Gasteiger partial charge < -0.3 is 4.74 Å². The molecule has 5 heteroatoms. The molecule has 0 saturated carbocycles. The molecule has 0 spiro atoms. The van der Waals surface area contributed by atoms with E-state index in [4.69, 9.17) is 27.9 Å². The number of aromatic nitrogens is 2. The summed E-state index contributed by atoms with van der Waals surface area (Å²) in [5, 5.41) is 0.414. The Kier molecular flexibility index (Phi) is 2.44. The van der Waals surface area contributed by atoms with Crippen molar-refractivity contribution in [3.8, 4) is 5.75 Å². The van der Waals surface area contributed by atoms with Crippen LogP contribution in [0.3, 0.4) is 0 Å². The highest BCUT2D eigenvalue weighted by atomic mass is 35.5. The van der Waals surface area contributed by atoms with Crippen LogP contribution in [-0.4, -0.2) is 17.1 Å². The summed E-state index contributed by atoms with van der Waals surface area (Å²) in [4.78, 5) is 8.14. The lowest BCUT2D eigenvalue weighted by molar-refractivity contribution is 0.415. The van der Waals surface area contributed by atoms with Crippen molar-refractivity contribution in [2.24, 2.45) is 0 Å². The van der Waals surface area contributed by atoms with Crippen LogP contribution >= 0.6 is 23.2 Å². The van der Waals surface area contributed by atoms with Gasteiger partial charge in [0.1, 0.15) is 5.75 Å². The van der Waals surface area contributed by atoms with Crippen molar-refractivity contribution in [2.75, 3.05) is 7.11 Å². The van der Waals surface area contributed by atoms with Crippen LogP contribution in [0, 0.1) is 0 Å². The van der Waals surface area contributed by atoms with Gasteiger partial charge in [-0.1, -0.05) is 23.2 Å². The third kappa shape index (κ3) is 1.61. The predicted octanol–water partition coefficient (Wildman–Crippen LogP) is 2.95. The Morgan fingerprint density at radius 2 is 1.71 bits per heavy atom. The Labute approximate surface area is 90.6 Å². The summed E-state index contributed by atoms with van der Waals surface area (Å²) in [7, 11) is 1.59. The zero-order valence-electron chi connectivity index (χ0n) is 7.29. The molecule has 0 unspecified atom stereocenters. The van der Waals surface area contributed by atoms with Crippen LogP contribution in [-0.2, 0) is 0 Å². The van der Waals surface area contributed by atoms with Crippen molar-refractivity contribution in [3.05, 3.63) is 28.5 Å². The lowest BCUT2D eigenvalue weighted by Gasteiger charge is -2.02. The molecule has 0 atom stereocenters. The van der Waals surface area contributed by atoms with Crippen molar-refractivity contribution in [1.82, 2.24) is 9.97 Å². The first-order chi connectivity index (χ1) is 6.70. The number of hydrogen-bond donors (Lipinski definition) is 0. The maximum atomic E-state index is 5.74. The van der Waals surface area contributed by atoms with Crippen LogP contribution in [0.2, 0.25) is 10.3 Å². The minimum Gasteiger partial charge on any atom is -0.497 e. The SMILES string of the molecule is COc1ccc2nc(Cl)c(Cl)nc2c1. The van der Waals surface area contributed by atoms with Gasteiger partial charge in [0.15, 0.2) is 10.3 Å². The molecule has 1 aromatic carbocycles. The predicted molar refractivity (Wildman–Crippen MR) is 56.1 cm³/mol. The Hall–Kier alpha value is -1.06. The molecule has 0 bridgehead atoms. The van der Waals surface area contributed by atoms with Gasteiger partial charge in [0, 0.05) is 6.07 Å². The number of rotatable bonds is 1. The number of halogens is 2. The number of methoxy groups -OCH3 is 1. The van der Waals surface area contributed by atoms with Crippen LogP contribution in [0.5, 0.6) is 5.75 Å². The number of hydrogen-bond acceptors (Lipinski definition) is 3. The molecule has 1 heterocycles. The number of benzene rings is 1. The van der Waals surface area contributed by atoms with Gasteiger partial charge in [0.2, 0.25) is 0 Å². The van der Waals surface area contributed by atoms with E-state index >= 15 is 0 Å². The summed E-state index contributed by atoms with van der Waals surface area (Å²) < 4.78 is 5.05. The summed E-state index contributed by atoms with van der Waals surface area (Å²) in [6.07, 6.45) is 0. The van der Waals surface area contributed by atoms with E-state index in [-0.39, 0.29) is 10.3 Å². The first-order valence-electron chi connectivity index (χ1n) is 3.87. The quantitative estimate of drug-likeness (QED) is 0.753. The molecular weight excluding hydrogens is 223 g/mol. The minimum absolute atomic E-state index is 0.201. The monoisotopic (exact) mass is 228 g/mol. The van der Waals surface area contributed by atoms with Gasteiger partial charge in [-0.2, -0.15) is 0 Å². The second-order valence-electron chi connectivity index (χ2n) is 2.66. The highest BCUT2D eigenvalue weighted by Crippen LogP contribution is 2.23. The molecule has 2 aromatic rings. The van der Waals surface area contributed by atoms with E-state index in [2.05, 4.69) is 9.97 Å². The second-order valence-corrected chi connectivity index (χ2v) is 3.38. The van der Waals surface area contributed by atoms with Gasteiger partial charge in [-0.25, -0.2) is 9.97 Å². The summed E-state index contributed by atoms with van der Waals surface area (Å²) in [6, 6.07) is 5.33. The highest BCUT2D eigenvalue weighted by Gasteiger charge is 2.04. The van der Waals surface area contributed by atoms with Crippen LogP contribution < -0.4 is 4.74 Å². The standard InChI is InChI=1S/C9H6Cl2N2O/c1-14-5-2-3-6-7(4-5)13-9(11)8(10)12-6/h2-4H,1H3. The average molecular weight is 229 g/mol. The lowest BCUT2D eigenvalue weighted by Crippen LogP contribution is -1.88. The summed E-state index contributed by atoms with van der Waals surface area (Å²) in [6.45, 7) is 0. The van der Waals surface area contributed by atoms with E-state index in [1.54, 1.807) is 25.3 Å². The Morgan fingerprint density at radius 3 is 2.36 bits per heavy atom. The van der Waals surface area contributed by atoms with Crippen LogP contribution in [0.25, 0.3) is 11.0 Å². The number of nitrogens with zero attached hydrogens (tertiary/aromatic N) is 2. The molecule has 2 rings (SSSR count). The van der Waals surface area contributed by atoms with Gasteiger partial charge in [0.25, 0.3) is 0 Å². The number of ether oxygens (including phenoxy) is 1. The molecule has 0 aliphatic carbocycles. The molecule has 14 heavy (non-hydrogen) atoms. The third-order valence-corrected chi connectivity index (χ3v) is 2.41. The molecule has 0 radical (unpaired) electrons. The van der Waals surface area contributed by atoms with E-state index in [9.17, 15) is 0 Å². The van der Waals surface area contributed by atoms with E-state index < -0.39 is 0 Å². The van der Waals surface area contributed by atoms with Gasteiger partial charge >= 0.3 is 0 Å². The maximum Gasteiger partial charge on any atom is 0.167 e. The fraction of sp³-hybridized carbons (Fsp3) is 0.111. The Balaban J connectivity index is 2.70. The zero-order valence-corrected chi connectivity index (χ0v) is 8.80. The van der Waals surface area contributed by atoms with Gasteiger partial charge in [-0.3, -0.25) is 0 Å². The molecule has 72 valence electrons. The molecule has 0 aliphatic heterocycles. The van der Waals surface area contributed by atoms with E-state index in [0.29, 0.717) is 16.8 Å². The van der Waals surface area contributed by atoms with Gasteiger partial charge in [-0.15, -0.1) is 0 Å². The normalized spacial score (nSPS) is 10.5. The molecule has 0 saturated heterocycles. The highest BCUT2D eigenvalue weighted by molar-refractivity contribution is 6.40. The first-order valence-corrected chi connectivity index (χ1v) is 4.63. The van der Waals surface area contributed by atoms with Crippen LogP contribution in [0.4, 0.5) is 0 Å². The maximum absolute atomic E-state index is 5.74. The fourth-order valence-corrected chi connectivity index (χ4v) is 1.38. The lowest BCUT2D eigenvalue weighted by atomic mass is 10.3. The first kappa shape index (κ1) is 9.49. The summed E-state index contributed by atoms with van der Waals surface area (Å²) in [5.41, 5.74) is 1.36. The topological polar surface area (TPSA) is 35.0 Å². The summed E-state index contributed by atoms with van der Waals surface area (Å²) in [5.74, 6) is 0.713. The molecule has 0 N–H and O–H groups in total. The minimum atomic E-state index is 0.201. The van der Waals surface area contributed by atoms with E-state index in [0.717, 1.165) is 0 Å². The molecule has 1 aromatic heterocycles. The van der Waals surface area contributed by atoms with Crippen molar-refractivity contribution >= 4 is 34.2 Å². The molecule has 3 nitrogen and oxygen atoms in total. The van der Waals surface area contributed by atoms with E-state index in [1.165, 1.54) is 0 Å². The van der Waals surface area contributed by atoms with Crippen molar-refractivity contribution in [3.63, 3.8) is 0 Å². The van der Waals surface area contributed by atoms with Crippen LogP contribution in [0.15, 0.2) is 18.2 Å². The second kappa shape index (κ2) is 3.59. The fourth-order valence-electron chi connectivity index (χ4n) is 1.12. The molecular formula is C9H6Cl2N2O. The third-order valence-electron chi connectivity index (χ3n) is 1.79. The average Bonchev–Trinajstić information content (AvgIpc) is 2.19. The largest absolute Gasteiger partial charge is 0.497 e. The van der Waals surface area contributed by atoms with E-state index in [1.807, 2.05) is 0 Å². The number of fused-ring (bicyclic) bond motifs is 1. The van der Waals surface area contributed by atoms with Gasteiger partial charge in [-0.05, 0) is 12.1 Å². The zero-order chi connectivity index (χ0) is 10.1. The van der Waals surface area contributed by atoms with Crippen LogP contribution in [0.1, 0.15) is 0 Å². The molecule has 0 amide bonds. The van der Waals surface area contributed by atoms with Gasteiger partial charge in [0.05, 0.1) is 18.1 Å². The molecule has 0 fully saturated rings. The summed E-state index contributed by atoms with van der Waals surface area (Å²) >= 11 is 11.5. The Morgan fingerprint density at radius 1 is 1.07 bits per heavy atom. The Bertz CT molecular complexity index is 487.